The Balaban J connectivity index is 2.46. The van der Waals surface area contributed by atoms with Crippen molar-refractivity contribution in [2.24, 2.45) is 0 Å². The number of carbonyl (C=O) groups is 1. The number of piperidine rings is 1. The number of carbonyl (C=O) groups excluding carboxylic acids is 1. The van der Waals surface area contributed by atoms with E-state index in [1.165, 1.54) is 0 Å². The number of ether oxygens (including phenoxy) is 2. The Kier molecular flexibility index (Phi) is 6.79. The van der Waals surface area contributed by atoms with Gasteiger partial charge in [-0.1, -0.05) is 29.3 Å². The third-order valence-corrected chi connectivity index (χ3v) is 4.50. The number of rotatable bonds is 5. The van der Waals surface area contributed by atoms with Gasteiger partial charge in [0.05, 0.1) is 5.60 Å². The Hall–Kier alpha value is -0.290. The molecule has 0 spiro atoms. The Morgan fingerprint density at radius 2 is 1.90 bits per heavy atom. The highest BCUT2D eigenvalue weighted by molar-refractivity contribution is 9.09. The van der Waals surface area contributed by atoms with Crippen molar-refractivity contribution >= 4 is 22.0 Å². The van der Waals surface area contributed by atoms with Gasteiger partial charge in [-0.2, -0.15) is 0 Å². The molecule has 1 fully saturated rings. The zero-order valence-corrected chi connectivity index (χ0v) is 14.8. The molecule has 0 N–H and O–H groups in total. The molecule has 0 aromatic heterocycles. The summed E-state index contributed by atoms with van der Waals surface area (Å²) >= 11 is 3.57. The summed E-state index contributed by atoms with van der Waals surface area (Å²) in [5.74, 6) is 0. The lowest BCUT2D eigenvalue weighted by atomic mass is 9.93. The predicted octanol–water partition coefficient (Wildman–Crippen LogP) is 3.97. The van der Waals surface area contributed by atoms with E-state index in [0.717, 1.165) is 37.6 Å². The summed E-state index contributed by atoms with van der Waals surface area (Å²) < 4.78 is 11.5. The number of halogens is 1. The standard InChI is InChI=1S/C15H28BrNO3/c1-5-6-11-19-15(12-16)7-9-17(10-8-15)13(18)20-14(2,3)4/h5-12H2,1-4H3. The second-order valence-electron chi connectivity index (χ2n) is 6.49. The molecule has 0 radical (unpaired) electrons. The molecule has 20 heavy (non-hydrogen) atoms. The summed E-state index contributed by atoms with van der Waals surface area (Å²) in [5, 5.41) is 0.825. The Morgan fingerprint density at radius 1 is 1.30 bits per heavy atom. The van der Waals surface area contributed by atoms with Crippen molar-refractivity contribution in [2.45, 2.75) is 64.6 Å². The van der Waals surface area contributed by atoms with Crippen molar-refractivity contribution in [2.75, 3.05) is 25.0 Å². The summed E-state index contributed by atoms with van der Waals surface area (Å²) in [5.41, 5.74) is -0.549. The van der Waals surface area contributed by atoms with Crippen molar-refractivity contribution in [1.82, 2.24) is 4.90 Å². The molecule has 5 heteroatoms. The lowest BCUT2D eigenvalue weighted by Crippen LogP contribution is -2.50. The lowest BCUT2D eigenvalue weighted by Gasteiger charge is -2.41. The highest BCUT2D eigenvalue weighted by atomic mass is 79.9. The molecule has 0 aromatic carbocycles. The average molecular weight is 350 g/mol. The van der Waals surface area contributed by atoms with E-state index in [9.17, 15) is 4.79 Å². The summed E-state index contributed by atoms with van der Waals surface area (Å²) in [6, 6.07) is 0. The third kappa shape index (κ3) is 5.60. The first kappa shape index (κ1) is 17.8. The van der Waals surface area contributed by atoms with Crippen LogP contribution in [0.15, 0.2) is 0 Å². The van der Waals surface area contributed by atoms with E-state index >= 15 is 0 Å². The van der Waals surface area contributed by atoms with Crippen LogP contribution < -0.4 is 0 Å². The van der Waals surface area contributed by atoms with Gasteiger partial charge in [0.15, 0.2) is 0 Å². The summed E-state index contributed by atoms with van der Waals surface area (Å²) in [4.78, 5) is 13.8. The monoisotopic (exact) mass is 349 g/mol. The minimum absolute atomic E-state index is 0.117. The highest BCUT2D eigenvalue weighted by Crippen LogP contribution is 2.29. The van der Waals surface area contributed by atoms with Gasteiger partial charge in [-0.3, -0.25) is 0 Å². The number of amides is 1. The molecule has 0 saturated carbocycles. The molecule has 1 rings (SSSR count). The van der Waals surface area contributed by atoms with Crippen molar-refractivity contribution in [3.05, 3.63) is 0 Å². The first-order valence-electron chi connectivity index (χ1n) is 7.50. The van der Waals surface area contributed by atoms with Crippen LogP contribution >= 0.6 is 15.9 Å². The fraction of sp³-hybridized carbons (Fsp3) is 0.933. The molecule has 1 aliphatic rings. The van der Waals surface area contributed by atoms with Crippen molar-refractivity contribution in [1.29, 1.82) is 0 Å². The van der Waals surface area contributed by atoms with Gasteiger partial charge in [-0.05, 0) is 40.0 Å². The molecule has 0 aromatic rings. The summed E-state index contributed by atoms with van der Waals surface area (Å²) in [6.45, 7) is 10.0. The number of nitrogens with zero attached hydrogens (tertiary/aromatic N) is 1. The van der Waals surface area contributed by atoms with Gasteiger partial charge >= 0.3 is 6.09 Å². The number of hydrogen-bond donors (Lipinski definition) is 0. The Labute approximate surface area is 131 Å². The minimum Gasteiger partial charge on any atom is -0.444 e. The van der Waals surface area contributed by atoms with E-state index in [4.69, 9.17) is 9.47 Å². The van der Waals surface area contributed by atoms with Gasteiger partial charge in [0.1, 0.15) is 5.60 Å². The van der Waals surface area contributed by atoms with Crippen molar-refractivity contribution in [3.63, 3.8) is 0 Å². The van der Waals surface area contributed by atoms with E-state index in [2.05, 4.69) is 22.9 Å². The topological polar surface area (TPSA) is 38.8 Å². The van der Waals surface area contributed by atoms with Crippen LogP contribution in [0.4, 0.5) is 4.79 Å². The minimum atomic E-state index is -0.432. The molecule has 1 saturated heterocycles. The van der Waals surface area contributed by atoms with Gasteiger partial charge in [0.2, 0.25) is 0 Å². The summed E-state index contributed by atoms with van der Waals surface area (Å²) in [7, 11) is 0. The largest absolute Gasteiger partial charge is 0.444 e. The van der Waals surface area contributed by atoms with Crippen LogP contribution in [0.25, 0.3) is 0 Å². The molecule has 4 nitrogen and oxygen atoms in total. The number of likely N-dealkylation sites (tertiary alicyclic amines) is 1. The molecule has 1 amide bonds. The van der Waals surface area contributed by atoms with Crippen LogP contribution in [0.3, 0.4) is 0 Å². The van der Waals surface area contributed by atoms with Crippen LogP contribution in [-0.2, 0) is 9.47 Å². The zero-order valence-electron chi connectivity index (χ0n) is 13.2. The SMILES string of the molecule is CCCCOC1(CBr)CCN(C(=O)OC(C)(C)C)CC1. The first-order valence-corrected chi connectivity index (χ1v) is 8.62. The molecule has 118 valence electrons. The molecular formula is C15H28BrNO3. The van der Waals surface area contributed by atoms with Crippen molar-refractivity contribution < 1.29 is 14.3 Å². The fourth-order valence-electron chi connectivity index (χ4n) is 2.17. The van der Waals surface area contributed by atoms with E-state index in [-0.39, 0.29) is 11.7 Å². The van der Waals surface area contributed by atoms with Crippen LogP contribution in [0.2, 0.25) is 0 Å². The van der Waals surface area contributed by atoms with Gasteiger partial charge in [0.25, 0.3) is 0 Å². The second-order valence-corrected chi connectivity index (χ2v) is 7.05. The number of alkyl halides is 1. The smallest absolute Gasteiger partial charge is 0.410 e. The summed E-state index contributed by atoms with van der Waals surface area (Å²) in [6.07, 6.45) is 3.74. The number of hydrogen-bond acceptors (Lipinski definition) is 3. The molecule has 0 aliphatic carbocycles. The van der Waals surface area contributed by atoms with Gasteiger partial charge < -0.3 is 14.4 Å². The van der Waals surface area contributed by atoms with Gasteiger partial charge in [-0.25, -0.2) is 4.79 Å². The average Bonchev–Trinajstić information content (AvgIpc) is 2.38. The molecule has 0 bridgehead atoms. The maximum atomic E-state index is 12.0. The lowest BCUT2D eigenvalue weighted by molar-refractivity contribution is -0.0691. The molecular weight excluding hydrogens is 322 g/mol. The normalized spacial score (nSPS) is 18.9. The van der Waals surface area contributed by atoms with Crippen LogP contribution in [0.1, 0.15) is 53.4 Å². The predicted molar refractivity (Wildman–Crippen MR) is 84.4 cm³/mol. The molecule has 0 unspecified atom stereocenters. The Bertz CT molecular complexity index is 307. The maximum Gasteiger partial charge on any atom is 0.410 e. The Morgan fingerprint density at radius 3 is 2.35 bits per heavy atom. The van der Waals surface area contributed by atoms with E-state index in [1.807, 2.05) is 20.8 Å². The highest BCUT2D eigenvalue weighted by Gasteiger charge is 2.37. The fourth-order valence-corrected chi connectivity index (χ4v) is 2.90. The molecule has 0 atom stereocenters. The third-order valence-electron chi connectivity index (χ3n) is 3.48. The van der Waals surface area contributed by atoms with Crippen LogP contribution in [0.5, 0.6) is 0 Å². The van der Waals surface area contributed by atoms with E-state index in [1.54, 1.807) is 4.90 Å². The van der Waals surface area contributed by atoms with E-state index in [0.29, 0.717) is 13.1 Å². The van der Waals surface area contributed by atoms with Crippen molar-refractivity contribution in [3.8, 4) is 0 Å². The van der Waals surface area contributed by atoms with Gasteiger partial charge in [-0.15, -0.1) is 0 Å². The van der Waals surface area contributed by atoms with E-state index < -0.39 is 5.60 Å². The van der Waals surface area contributed by atoms with Crippen LogP contribution in [-0.4, -0.2) is 47.2 Å². The molecule has 1 heterocycles. The maximum absolute atomic E-state index is 12.0. The van der Waals surface area contributed by atoms with Crippen LogP contribution in [0, 0.1) is 0 Å². The zero-order chi connectivity index (χ0) is 15.2. The second kappa shape index (κ2) is 7.64. The number of unbranched alkanes of at least 4 members (excludes halogenated alkanes) is 1. The quantitative estimate of drug-likeness (QED) is 0.556. The molecule has 1 aliphatic heterocycles. The first-order chi connectivity index (χ1) is 9.32. The van der Waals surface area contributed by atoms with Gasteiger partial charge in [0, 0.05) is 25.0 Å².